The molecular weight excluding hydrogens is 202 g/mol. The van der Waals surface area contributed by atoms with Gasteiger partial charge < -0.3 is 9.84 Å². The summed E-state index contributed by atoms with van der Waals surface area (Å²) in [6.07, 6.45) is 2.30. The molecule has 1 aliphatic rings. The molecule has 16 heavy (non-hydrogen) atoms. The van der Waals surface area contributed by atoms with Crippen molar-refractivity contribution in [3.8, 4) is 5.75 Å². The number of hydrogen-bond acceptors (Lipinski definition) is 3. The van der Waals surface area contributed by atoms with Gasteiger partial charge in [-0.3, -0.25) is 4.90 Å². The van der Waals surface area contributed by atoms with Gasteiger partial charge in [-0.05, 0) is 31.5 Å². The molecule has 0 radical (unpaired) electrons. The van der Waals surface area contributed by atoms with E-state index in [9.17, 15) is 5.11 Å². The third-order valence-corrected chi connectivity index (χ3v) is 3.10. The standard InChI is InChI=1S/C13H19NO2/c15-11-12-5-4-8-14(12)9-10-16-13-6-2-1-3-7-13/h1-3,6-7,12,15H,4-5,8-11H2/t12-/m1/s1. The molecule has 1 aromatic carbocycles. The monoisotopic (exact) mass is 221 g/mol. The summed E-state index contributed by atoms with van der Waals surface area (Å²) < 4.78 is 5.64. The lowest BCUT2D eigenvalue weighted by atomic mass is 10.2. The van der Waals surface area contributed by atoms with Crippen molar-refractivity contribution in [3.63, 3.8) is 0 Å². The lowest BCUT2D eigenvalue weighted by molar-refractivity contribution is 0.139. The Bertz CT molecular complexity index is 302. The highest BCUT2D eigenvalue weighted by Crippen LogP contribution is 2.16. The third kappa shape index (κ3) is 2.97. The van der Waals surface area contributed by atoms with Crippen LogP contribution in [-0.2, 0) is 0 Å². The maximum absolute atomic E-state index is 9.17. The van der Waals surface area contributed by atoms with Crippen LogP contribution in [-0.4, -0.2) is 42.4 Å². The van der Waals surface area contributed by atoms with Crippen molar-refractivity contribution >= 4 is 0 Å². The zero-order chi connectivity index (χ0) is 11.2. The number of aliphatic hydroxyl groups excluding tert-OH is 1. The first kappa shape index (κ1) is 11.4. The lowest BCUT2D eigenvalue weighted by Crippen LogP contribution is -2.35. The van der Waals surface area contributed by atoms with Crippen LogP contribution < -0.4 is 4.74 Å². The predicted octanol–water partition coefficient (Wildman–Crippen LogP) is 1.52. The summed E-state index contributed by atoms with van der Waals surface area (Å²) in [5, 5.41) is 9.17. The summed E-state index contributed by atoms with van der Waals surface area (Å²) in [6, 6.07) is 10.2. The Labute approximate surface area is 96.6 Å². The van der Waals surface area contributed by atoms with Crippen molar-refractivity contribution in [1.29, 1.82) is 0 Å². The zero-order valence-electron chi connectivity index (χ0n) is 9.51. The second-order valence-electron chi connectivity index (χ2n) is 4.18. The average molecular weight is 221 g/mol. The molecule has 1 fully saturated rings. The van der Waals surface area contributed by atoms with E-state index in [0.717, 1.165) is 25.3 Å². The van der Waals surface area contributed by atoms with Gasteiger partial charge in [-0.2, -0.15) is 0 Å². The molecule has 88 valence electrons. The molecular formula is C13H19NO2. The molecule has 2 rings (SSSR count). The van der Waals surface area contributed by atoms with E-state index in [0.29, 0.717) is 12.6 Å². The van der Waals surface area contributed by atoms with Crippen LogP contribution in [0, 0.1) is 0 Å². The van der Waals surface area contributed by atoms with E-state index in [1.165, 1.54) is 6.42 Å². The molecule has 0 aliphatic carbocycles. The smallest absolute Gasteiger partial charge is 0.119 e. The minimum atomic E-state index is 0.269. The highest BCUT2D eigenvalue weighted by atomic mass is 16.5. The molecule has 3 heteroatoms. The van der Waals surface area contributed by atoms with Crippen LogP contribution in [0.15, 0.2) is 30.3 Å². The number of aliphatic hydroxyl groups is 1. The molecule has 0 saturated carbocycles. The van der Waals surface area contributed by atoms with E-state index in [-0.39, 0.29) is 6.61 Å². The van der Waals surface area contributed by atoms with Crippen molar-refractivity contribution < 1.29 is 9.84 Å². The van der Waals surface area contributed by atoms with Crippen molar-refractivity contribution in [2.45, 2.75) is 18.9 Å². The predicted molar refractivity (Wildman–Crippen MR) is 63.6 cm³/mol. The fourth-order valence-corrected chi connectivity index (χ4v) is 2.19. The maximum atomic E-state index is 9.17. The van der Waals surface area contributed by atoms with Crippen LogP contribution in [0.25, 0.3) is 0 Å². The van der Waals surface area contributed by atoms with Gasteiger partial charge in [0.15, 0.2) is 0 Å². The van der Waals surface area contributed by atoms with E-state index in [1.54, 1.807) is 0 Å². The Hall–Kier alpha value is -1.06. The summed E-state index contributed by atoms with van der Waals surface area (Å²) in [5.41, 5.74) is 0. The van der Waals surface area contributed by atoms with E-state index < -0.39 is 0 Å². The Kier molecular flexibility index (Phi) is 4.19. The maximum Gasteiger partial charge on any atom is 0.119 e. The number of likely N-dealkylation sites (tertiary alicyclic amines) is 1. The number of nitrogens with zero attached hydrogens (tertiary/aromatic N) is 1. The van der Waals surface area contributed by atoms with Gasteiger partial charge in [0, 0.05) is 12.6 Å². The van der Waals surface area contributed by atoms with Crippen LogP contribution in [0.2, 0.25) is 0 Å². The van der Waals surface area contributed by atoms with E-state index in [2.05, 4.69) is 4.90 Å². The molecule has 1 aliphatic heterocycles. The van der Waals surface area contributed by atoms with Gasteiger partial charge in [0.25, 0.3) is 0 Å². The van der Waals surface area contributed by atoms with Crippen LogP contribution in [0.4, 0.5) is 0 Å². The Morgan fingerprint density at radius 2 is 2.12 bits per heavy atom. The Morgan fingerprint density at radius 3 is 2.88 bits per heavy atom. The van der Waals surface area contributed by atoms with E-state index in [4.69, 9.17) is 4.74 Å². The first-order valence-electron chi connectivity index (χ1n) is 5.93. The van der Waals surface area contributed by atoms with Gasteiger partial charge in [-0.25, -0.2) is 0 Å². The van der Waals surface area contributed by atoms with Gasteiger partial charge in [0.1, 0.15) is 12.4 Å². The fraction of sp³-hybridized carbons (Fsp3) is 0.538. The summed E-state index contributed by atoms with van der Waals surface area (Å²) in [6.45, 7) is 2.95. The van der Waals surface area contributed by atoms with Crippen LogP contribution in [0.1, 0.15) is 12.8 Å². The summed E-state index contributed by atoms with van der Waals surface area (Å²) in [4.78, 5) is 2.31. The summed E-state index contributed by atoms with van der Waals surface area (Å²) in [7, 11) is 0. The van der Waals surface area contributed by atoms with Gasteiger partial charge in [-0.15, -0.1) is 0 Å². The Balaban J connectivity index is 1.72. The number of ether oxygens (including phenoxy) is 1. The summed E-state index contributed by atoms with van der Waals surface area (Å²) in [5.74, 6) is 0.919. The number of para-hydroxylation sites is 1. The molecule has 1 saturated heterocycles. The molecule has 0 unspecified atom stereocenters. The molecule has 3 nitrogen and oxygen atoms in total. The highest BCUT2D eigenvalue weighted by molar-refractivity contribution is 5.20. The van der Waals surface area contributed by atoms with E-state index >= 15 is 0 Å². The van der Waals surface area contributed by atoms with Crippen LogP contribution in [0.5, 0.6) is 5.75 Å². The third-order valence-electron chi connectivity index (χ3n) is 3.10. The topological polar surface area (TPSA) is 32.7 Å². The molecule has 0 bridgehead atoms. The second kappa shape index (κ2) is 5.87. The molecule has 1 aromatic rings. The zero-order valence-corrected chi connectivity index (χ0v) is 9.51. The van der Waals surface area contributed by atoms with E-state index in [1.807, 2.05) is 30.3 Å². The molecule has 1 atom stereocenters. The quantitative estimate of drug-likeness (QED) is 0.818. The minimum Gasteiger partial charge on any atom is -0.492 e. The first-order chi connectivity index (χ1) is 7.90. The largest absolute Gasteiger partial charge is 0.492 e. The molecule has 0 amide bonds. The lowest BCUT2D eigenvalue weighted by Gasteiger charge is -2.22. The van der Waals surface area contributed by atoms with Crippen molar-refractivity contribution in [3.05, 3.63) is 30.3 Å². The van der Waals surface area contributed by atoms with Gasteiger partial charge in [0.2, 0.25) is 0 Å². The molecule has 1 N–H and O–H groups in total. The van der Waals surface area contributed by atoms with Gasteiger partial charge in [0.05, 0.1) is 6.61 Å². The second-order valence-corrected chi connectivity index (χ2v) is 4.18. The number of benzene rings is 1. The van der Waals surface area contributed by atoms with Crippen molar-refractivity contribution in [2.24, 2.45) is 0 Å². The van der Waals surface area contributed by atoms with Gasteiger partial charge >= 0.3 is 0 Å². The normalized spacial score (nSPS) is 21.2. The Morgan fingerprint density at radius 1 is 1.31 bits per heavy atom. The van der Waals surface area contributed by atoms with Crippen molar-refractivity contribution in [1.82, 2.24) is 4.90 Å². The fourth-order valence-electron chi connectivity index (χ4n) is 2.19. The SMILES string of the molecule is OC[C@H]1CCCN1CCOc1ccccc1. The van der Waals surface area contributed by atoms with Gasteiger partial charge in [-0.1, -0.05) is 18.2 Å². The molecule has 0 aromatic heterocycles. The average Bonchev–Trinajstić information content (AvgIpc) is 2.78. The highest BCUT2D eigenvalue weighted by Gasteiger charge is 2.22. The van der Waals surface area contributed by atoms with Crippen molar-refractivity contribution in [2.75, 3.05) is 26.3 Å². The first-order valence-corrected chi connectivity index (χ1v) is 5.93. The minimum absolute atomic E-state index is 0.269. The number of rotatable bonds is 5. The van der Waals surface area contributed by atoms with Crippen LogP contribution >= 0.6 is 0 Å². The summed E-state index contributed by atoms with van der Waals surface area (Å²) >= 11 is 0. The molecule has 0 spiro atoms. The van der Waals surface area contributed by atoms with Crippen LogP contribution in [0.3, 0.4) is 0 Å². The molecule has 1 heterocycles. The number of hydrogen-bond donors (Lipinski definition) is 1.